The SMILES string of the molecule is CC(CO)C(C)N1CCCC(NC2CC2)C1=O. The highest BCUT2D eigenvalue weighted by Crippen LogP contribution is 2.24. The van der Waals surface area contributed by atoms with E-state index in [0.717, 1.165) is 19.4 Å². The molecule has 2 aliphatic rings. The van der Waals surface area contributed by atoms with Crippen LogP contribution >= 0.6 is 0 Å². The van der Waals surface area contributed by atoms with Gasteiger partial charge in [0.1, 0.15) is 0 Å². The van der Waals surface area contributed by atoms with Crippen molar-refractivity contribution in [1.29, 1.82) is 0 Å². The van der Waals surface area contributed by atoms with Crippen molar-refractivity contribution in [3.8, 4) is 0 Å². The van der Waals surface area contributed by atoms with E-state index in [9.17, 15) is 9.90 Å². The van der Waals surface area contributed by atoms with Crippen LogP contribution in [0, 0.1) is 5.92 Å². The summed E-state index contributed by atoms with van der Waals surface area (Å²) in [6.45, 7) is 5.02. The predicted molar refractivity (Wildman–Crippen MR) is 66.6 cm³/mol. The summed E-state index contributed by atoms with van der Waals surface area (Å²) >= 11 is 0. The molecule has 3 unspecified atom stereocenters. The zero-order chi connectivity index (χ0) is 12.4. The number of carbonyl (C=O) groups excluding carboxylic acids is 1. The molecule has 0 aromatic carbocycles. The number of nitrogens with one attached hydrogen (secondary N) is 1. The van der Waals surface area contributed by atoms with Gasteiger partial charge in [-0.3, -0.25) is 4.79 Å². The van der Waals surface area contributed by atoms with E-state index in [0.29, 0.717) is 6.04 Å². The fourth-order valence-corrected chi connectivity index (χ4v) is 2.45. The van der Waals surface area contributed by atoms with Gasteiger partial charge in [-0.15, -0.1) is 0 Å². The molecule has 4 nitrogen and oxygen atoms in total. The fourth-order valence-electron chi connectivity index (χ4n) is 2.45. The number of likely N-dealkylation sites (tertiary alicyclic amines) is 1. The molecule has 1 amide bonds. The van der Waals surface area contributed by atoms with Crippen molar-refractivity contribution in [2.45, 2.75) is 57.7 Å². The Kier molecular flexibility index (Phi) is 4.05. The number of amides is 1. The summed E-state index contributed by atoms with van der Waals surface area (Å²) in [5, 5.41) is 12.6. The largest absolute Gasteiger partial charge is 0.396 e. The standard InChI is InChI=1S/C13H24N2O2/c1-9(8-16)10(2)15-7-3-4-12(13(15)17)14-11-5-6-11/h9-12,14,16H,3-8H2,1-2H3. The maximum atomic E-state index is 12.3. The molecule has 2 fully saturated rings. The summed E-state index contributed by atoms with van der Waals surface area (Å²) in [7, 11) is 0. The van der Waals surface area contributed by atoms with Crippen molar-refractivity contribution in [2.24, 2.45) is 5.92 Å². The lowest BCUT2D eigenvalue weighted by molar-refractivity contribution is -0.139. The number of rotatable bonds is 5. The maximum Gasteiger partial charge on any atom is 0.239 e. The number of nitrogens with zero attached hydrogens (tertiary/aromatic N) is 1. The Morgan fingerprint density at radius 3 is 2.71 bits per heavy atom. The van der Waals surface area contributed by atoms with E-state index in [1.165, 1.54) is 12.8 Å². The average Bonchev–Trinajstić information content (AvgIpc) is 3.14. The maximum absolute atomic E-state index is 12.3. The smallest absolute Gasteiger partial charge is 0.239 e. The van der Waals surface area contributed by atoms with Gasteiger partial charge >= 0.3 is 0 Å². The highest BCUT2D eigenvalue weighted by molar-refractivity contribution is 5.83. The molecule has 0 radical (unpaired) electrons. The summed E-state index contributed by atoms with van der Waals surface area (Å²) in [4.78, 5) is 14.3. The van der Waals surface area contributed by atoms with E-state index in [4.69, 9.17) is 0 Å². The van der Waals surface area contributed by atoms with Gasteiger partial charge in [0.2, 0.25) is 5.91 Å². The Balaban J connectivity index is 1.94. The first-order valence-corrected chi connectivity index (χ1v) is 6.81. The Labute approximate surface area is 103 Å². The minimum Gasteiger partial charge on any atom is -0.396 e. The van der Waals surface area contributed by atoms with Gasteiger partial charge in [-0.25, -0.2) is 0 Å². The van der Waals surface area contributed by atoms with E-state index in [2.05, 4.69) is 5.32 Å². The molecule has 1 saturated carbocycles. The number of carbonyl (C=O) groups is 1. The molecule has 1 aliphatic heterocycles. The number of hydrogen-bond donors (Lipinski definition) is 2. The van der Waals surface area contributed by atoms with E-state index >= 15 is 0 Å². The molecule has 17 heavy (non-hydrogen) atoms. The molecule has 0 spiro atoms. The van der Waals surface area contributed by atoms with Crippen LogP contribution in [0.2, 0.25) is 0 Å². The van der Waals surface area contributed by atoms with Crippen LogP contribution in [-0.2, 0) is 4.79 Å². The van der Waals surface area contributed by atoms with Gasteiger partial charge < -0.3 is 15.3 Å². The topological polar surface area (TPSA) is 52.6 Å². The van der Waals surface area contributed by atoms with E-state index in [1.807, 2.05) is 18.7 Å². The molecule has 3 atom stereocenters. The molecule has 98 valence electrons. The highest BCUT2D eigenvalue weighted by atomic mass is 16.3. The summed E-state index contributed by atoms with van der Waals surface area (Å²) in [6.07, 6.45) is 4.46. The van der Waals surface area contributed by atoms with Crippen molar-refractivity contribution in [3.05, 3.63) is 0 Å². The zero-order valence-electron chi connectivity index (χ0n) is 10.9. The Hall–Kier alpha value is -0.610. The Morgan fingerprint density at radius 2 is 2.12 bits per heavy atom. The normalized spacial score (nSPS) is 29.2. The molecule has 0 aromatic rings. The van der Waals surface area contributed by atoms with Crippen molar-refractivity contribution < 1.29 is 9.90 Å². The summed E-state index contributed by atoms with van der Waals surface area (Å²) in [5.41, 5.74) is 0. The minimum atomic E-state index is 0.0181. The second-order valence-corrected chi connectivity index (χ2v) is 5.57. The number of hydrogen-bond acceptors (Lipinski definition) is 3. The van der Waals surface area contributed by atoms with Crippen molar-refractivity contribution >= 4 is 5.91 Å². The monoisotopic (exact) mass is 240 g/mol. The number of aliphatic hydroxyl groups excluding tert-OH is 1. The second-order valence-electron chi connectivity index (χ2n) is 5.57. The van der Waals surface area contributed by atoms with Gasteiger partial charge in [0.15, 0.2) is 0 Å². The van der Waals surface area contributed by atoms with Crippen molar-refractivity contribution in [3.63, 3.8) is 0 Å². The first-order chi connectivity index (χ1) is 8.13. The highest BCUT2D eigenvalue weighted by Gasteiger charge is 2.35. The summed E-state index contributed by atoms with van der Waals surface area (Å²) in [5.74, 6) is 0.384. The molecule has 1 saturated heterocycles. The Morgan fingerprint density at radius 1 is 1.41 bits per heavy atom. The quantitative estimate of drug-likeness (QED) is 0.745. The minimum absolute atomic E-state index is 0.0181. The van der Waals surface area contributed by atoms with Gasteiger partial charge in [-0.1, -0.05) is 6.92 Å². The van der Waals surface area contributed by atoms with Crippen LogP contribution in [-0.4, -0.2) is 47.2 Å². The van der Waals surface area contributed by atoms with Crippen molar-refractivity contribution in [1.82, 2.24) is 10.2 Å². The van der Waals surface area contributed by atoms with Crippen LogP contribution < -0.4 is 5.32 Å². The van der Waals surface area contributed by atoms with E-state index < -0.39 is 0 Å². The van der Waals surface area contributed by atoms with E-state index in [1.54, 1.807) is 0 Å². The third-order valence-electron chi connectivity index (χ3n) is 4.09. The molecule has 1 heterocycles. The van der Waals surface area contributed by atoms with E-state index in [-0.39, 0.29) is 30.5 Å². The van der Waals surface area contributed by atoms with Gasteiger partial charge in [0.25, 0.3) is 0 Å². The number of piperidine rings is 1. The van der Waals surface area contributed by atoms with Gasteiger partial charge in [0.05, 0.1) is 6.04 Å². The van der Waals surface area contributed by atoms with Crippen LogP contribution in [0.3, 0.4) is 0 Å². The van der Waals surface area contributed by atoms with Crippen LogP contribution in [0.25, 0.3) is 0 Å². The third-order valence-corrected chi connectivity index (χ3v) is 4.09. The van der Waals surface area contributed by atoms with Crippen LogP contribution in [0.15, 0.2) is 0 Å². The number of aliphatic hydroxyl groups is 1. The summed E-state index contributed by atoms with van der Waals surface area (Å²) in [6, 6.07) is 0.732. The molecule has 0 aromatic heterocycles. The lowest BCUT2D eigenvalue weighted by Crippen LogP contribution is -2.55. The molecular weight excluding hydrogens is 216 g/mol. The predicted octanol–water partition coefficient (Wildman–Crippen LogP) is 0.746. The first kappa shape index (κ1) is 12.8. The van der Waals surface area contributed by atoms with Crippen LogP contribution in [0.4, 0.5) is 0 Å². The van der Waals surface area contributed by atoms with Gasteiger partial charge in [0, 0.05) is 25.2 Å². The van der Waals surface area contributed by atoms with Gasteiger partial charge in [-0.2, -0.15) is 0 Å². The third kappa shape index (κ3) is 2.99. The lowest BCUT2D eigenvalue weighted by atomic mass is 9.97. The molecule has 4 heteroatoms. The fraction of sp³-hybridized carbons (Fsp3) is 0.923. The molecule has 2 N–H and O–H groups in total. The van der Waals surface area contributed by atoms with Crippen LogP contribution in [0.1, 0.15) is 39.5 Å². The summed E-state index contributed by atoms with van der Waals surface area (Å²) < 4.78 is 0. The average molecular weight is 240 g/mol. The molecule has 1 aliphatic carbocycles. The second kappa shape index (κ2) is 5.36. The van der Waals surface area contributed by atoms with Crippen molar-refractivity contribution in [2.75, 3.05) is 13.2 Å². The molecule has 2 rings (SSSR count). The zero-order valence-corrected chi connectivity index (χ0v) is 10.9. The Bertz CT molecular complexity index is 279. The molecule has 0 bridgehead atoms. The lowest BCUT2D eigenvalue weighted by Gasteiger charge is -2.39. The first-order valence-electron chi connectivity index (χ1n) is 6.81. The van der Waals surface area contributed by atoms with Gasteiger partial charge in [-0.05, 0) is 38.5 Å². The molecular formula is C13H24N2O2. The van der Waals surface area contributed by atoms with Crippen LogP contribution in [0.5, 0.6) is 0 Å².